The predicted octanol–water partition coefficient (Wildman–Crippen LogP) is -0.211. The molecule has 0 saturated heterocycles. The first-order chi connectivity index (χ1) is 8.74. The lowest BCUT2D eigenvalue weighted by molar-refractivity contribution is -0.115. The summed E-state index contributed by atoms with van der Waals surface area (Å²) in [5, 5.41) is 11.4. The van der Waals surface area contributed by atoms with Crippen molar-refractivity contribution in [1.82, 2.24) is 0 Å². The summed E-state index contributed by atoms with van der Waals surface area (Å²) in [4.78, 5) is 12.9. The molecule has 0 aliphatic heterocycles. The number of amidine groups is 1. The number of hydrogen-bond donors (Lipinski definition) is 2. The van der Waals surface area contributed by atoms with Crippen LogP contribution in [0.1, 0.15) is 5.56 Å². The molecule has 0 bridgehead atoms. The average molecular weight is 285 g/mol. The van der Waals surface area contributed by atoms with E-state index in [9.17, 15) is 13.2 Å². The predicted molar refractivity (Wildman–Crippen MR) is 72.1 cm³/mol. The standard InChI is InChI=1S/C11H15N3O4S/c1-14(10(15)7-19(2,17)18)9-5-3-4-8(6-9)11(12)13-16/h3-6,16H,7H2,1-2H3,(H2,12,13). The van der Waals surface area contributed by atoms with Crippen molar-refractivity contribution in [3.8, 4) is 0 Å². The zero-order valence-corrected chi connectivity index (χ0v) is 11.4. The van der Waals surface area contributed by atoms with Crippen LogP contribution >= 0.6 is 0 Å². The third-order valence-electron chi connectivity index (χ3n) is 2.40. The molecule has 19 heavy (non-hydrogen) atoms. The molecule has 0 heterocycles. The van der Waals surface area contributed by atoms with E-state index in [4.69, 9.17) is 10.9 Å². The number of amides is 1. The van der Waals surface area contributed by atoms with Crippen LogP contribution in [0.2, 0.25) is 0 Å². The zero-order valence-electron chi connectivity index (χ0n) is 10.6. The first-order valence-electron chi connectivity index (χ1n) is 5.27. The minimum absolute atomic E-state index is 0.0918. The molecule has 0 fully saturated rings. The molecule has 0 aromatic heterocycles. The van der Waals surface area contributed by atoms with E-state index in [1.165, 1.54) is 18.0 Å². The van der Waals surface area contributed by atoms with Gasteiger partial charge in [0.05, 0.1) is 0 Å². The number of carbonyl (C=O) groups is 1. The van der Waals surface area contributed by atoms with Gasteiger partial charge in [-0.15, -0.1) is 0 Å². The Bertz CT molecular complexity index is 610. The van der Waals surface area contributed by atoms with Gasteiger partial charge in [-0.1, -0.05) is 17.3 Å². The maximum absolute atomic E-state index is 11.7. The van der Waals surface area contributed by atoms with Crippen molar-refractivity contribution >= 4 is 27.3 Å². The van der Waals surface area contributed by atoms with Gasteiger partial charge >= 0.3 is 0 Å². The van der Waals surface area contributed by atoms with Crippen LogP contribution in [0.15, 0.2) is 29.4 Å². The van der Waals surface area contributed by atoms with Gasteiger partial charge in [0.1, 0.15) is 5.75 Å². The van der Waals surface area contributed by atoms with E-state index < -0.39 is 21.5 Å². The van der Waals surface area contributed by atoms with Crippen LogP contribution in [0.3, 0.4) is 0 Å². The Labute approximate surface area is 111 Å². The molecule has 1 aromatic rings. The molecule has 104 valence electrons. The number of hydrogen-bond acceptors (Lipinski definition) is 5. The van der Waals surface area contributed by atoms with Crippen LogP contribution in [0.25, 0.3) is 0 Å². The highest BCUT2D eigenvalue weighted by molar-refractivity contribution is 7.91. The largest absolute Gasteiger partial charge is 0.409 e. The highest BCUT2D eigenvalue weighted by Crippen LogP contribution is 2.15. The second kappa shape index (κ2) is 5.70. The Hall–Kier alpha value is -2.09. The topological polar surface area (TPSA) is 113 Å². The van der Waals surface area contributed by atoms with Crippen molar-refractivity contribution in [2.24, 2.45) is 10.9 Å². The van der Waals surface area contributed by atoms with E-state index >= 15 is 0 Å². The molecule has 1 aromatic carbocycles. The van der Waals surface area contributed by atoms with Gasteiger partial charge in [0.25, 0.3) is 0 Å². The fourth-order valence-corrected chi connectivity index (χ4v) is 2.04. The fourth-order valence-electron chi connectivity index (χ4n) is 1.40. The van der Waals surface area contributed by atoms with Gasteiger partial charge in [0.2, 0.25) is 5.91 Å². The van der Waals surface area contributed by atoms with Gasteiger partial charge in [-0.05, 0) is 12.1 Å². The highest BCUT2D eigenvalue weighted by atomic mass is 32.2. The first kappa shape index (κ1) is 15.0. The SMILES string of the molecule is CN(C(=O)CS(C)(=O)=O)c1cccc(C(N)=NO)c1. The fraction of sp³-hybridized carbons (Fsp3) is 0.273. The van der Waals surface area contributed by atoms with E-state index in [0.29, 0.717) is 11.3 Å². The van der Waals surface area contributed by atoms with Crippen LogP contribution < -0.4 is 10.6 Å². The zero-order chi connectivity index (χ0) is 14.6. The lowest BCUT2D eigenvalue weighted by Gasteiger charge is -2.17. The third kappa shape index (κ3) is 4.25. The monoisotopic (exact) mass is 285 g/mol. The van der Waals surface area contributed by atoms with Gasteiger partial charge in [-0.3, -0.25) is 4.79 Å². The summed E-state index contributed by atoms with van der Waals surface area (Å²) < 4.78 is 22.2. The van der Waals surface area contributed by atoms with Gasteiger partial charge in [0, 0.05) is 24.6 Å². The molecule has 3 N–H and O–H groups in total. The summed E-state index contributed by atoms with van der Waals surface area (Å²) in [5.41, 5.74) is 6.33. The quantitative estimate of drug-likeness (QED) is 0.344. The molecule has 0 radical (unpaired) electrons. The number of benzene rings is 1. The Morgan fingerprint density at radius 1 is 1.47 bits per heavy atom. The van der Waals surface area contributed by atoms with Gasteiger partial charge in [-0.25, -0.2) is 8.42 Å². The van der Waals surface area contributed by atoms with Gasteiger partial charge < -0.3 is 15.8 Å². The first-order valence-corrected chi connectivity index (χ1v) is 7.33. The van der Waals surface area contributed by atoms with Crippen molar-refractivity contribution in [1.29, 1.82) is 0 Å². The van der Waals surface area contributed by atoms with Crippen molar-refractivity contribution in [3.05, 3.63) is 29.8 Å². The Balaban J connectivity index is 3.00. The number of oxime groups is 1. The molecule has 0 saturated carbocycles. The number of nitrogens with zero attached hydrogens (tertiary/aromatic N) is 2. The molecule has 0 spiro atoms. The number of rotatable bonds is 4. The van der Waals surface area contributed by atoms with Crippen molar-refractivity contribution in [3.63, 3.8) is 0 Å². The van der Waals surface area contributed by atoms with Crippen molar-refractivity contribution in [2.45, 2.75) is 0 Å². The van der Waals surface area contributed by atoms with E-state index in [0.717, 1.165) is 6.26 Å². The number of anilines is 1. The normalized spacial score (nSPS) is 12.2. The summed E-state index contributed by atoms with van der Waals surface area (Å²) in [5.74, 6) is -1.22. The molecule has 1 rings (SSSR count). The summed E-state index contributed by atoms with van der Waals surface area (Å²) in [6.45, 7) is 0. The lowest BCUT2D eigenvalue weighted by atomic mass is 10.2. The Morgan fingerprint density at radius 2 is 2.11 bits per heavy atom. The van der Waals surface area contributed by atoms with Crippen LogP contribution in [0, 0.1) is 0 Å². The summed E-state index contributed by atoms with van der Waals surface area (Å²) >= 11 is 0. The molecular weight excluding hydrogens is 270 g/mol. The molecule has 8 heteroatoms. The smallest absolute Gasteiger partial charge is 0.241 e. The van der Waals surface area contributed by atoms with Gasteiger partial charge in [0.15, 0.2) is 15.7 Å². The minimum atomic E-state index is -3.39. The maximum Gasteiger partial charge on any atom is 0.241 e. The lowest BCUT2D eigenvalue weighted by Crippen LogP contribution is -2.32. The highest BCUT2D eigenvalue weighted by Gasteiger charge is 2.17. The Morgan fingerprint density at radius 3 is 2.63 bits per heavy atom. The number of carbonyl (C=O) groups excluding carboxylic acids is 1. The minimum Gasteiger partial charge on any atom is -0.409 e. The van der Waals surface area contributed by atoms with Crippen molar-refractivity contribution < 1.29 is 18.4 Å². The molecule has 0 aliphatic carbocycles. The van der Waals surface area contributed by atoms with Crippen LogP contribution in [0.4, 0.5) is 5.69 Å². The van der Waals surface area contributed by atoms with Crippen LogP contribution in [-0.2, 0) is 14.6 Å². The van der Waals surface area contributed by atoms with Crippen molar-refractivity contribution in [2.75, 3.05) is 24.0 Å². The molecule has 1 amide bonds. The van der Waals surface area contributed by atoms with E-state index in [1.54, 1.807) is 18.2 Å². The summed E-state index contributed by atoms with van der Waals surface area (Å²) in [6, 6.07) is 6.37. The third-order valence-corrected chi connectivity index (χ3v) is 3.17. The molecule has 0 unspecified atom stereocenters. The number of nitrogens with two attached hydrogens (primary N) is 1. The molecule has 0 atom stereocenters. The Kier molecular flexibility index (Phi) is 4.49. The van der Waals surface area contributed by atoms with Crippen LogP contribution in [0.5, 0.6) is 0 Å². The number of sulfone groups is 1. The van der Waals surface area contributed by atoms with Crippen LogP contribution in [-0.4, -0.2) is 44.4 Å². The molecule has 0 aliphatic rings. The van der Waals surface area contributed by atoms with E-state index in [1.807, 2.05) is 0 Å². The summed E-state index contributed by atoms with van der Waals surface area (Å²) in [7, 11) is -1.93. The second-order valence-corrected chi connectivity index (χ2v) is 6.20. The van der Waals surface area contributed by atoms with E-state index in [-0.39, 0.29) is 5.84 Å². The van der Waals surface area contributed by atoms with Gasteiger partial charge in [-0.2, -0.15) is 0 Å². The summed E-state index contributed by atoms with van der Waals surface area (Å²) in [6.07, 6.45) is 0.992. The average Bonchev–Trinajstić information content (AvgIpc) is 2.35. The molecule has 7 nitrogen and oxygen atoms in total. The molecular formula is C11H15N3O4S. The van der Waals surface area contributed by atoms with E-state index in [2.05, 4.69) is 5.16 Å². The maximum atomic E-state index is 11.7. The second-order valence-electron chi connectivity index (χ2n) is 4.06.